The van der Waals surface area contributed by atoms with Crippen molar-refractivity contribution in [2.45, 2.75) is 252 Å². The zero-order valence-electron chi connectivity index (χ0n) is 39.0. The highest BCUT2D eigenvalue weighted by Gasteiger charge is 2.20. The number of nitrogens with zero attached hydrogens (tertiary/aromatic N) is 1. The second kappa shape index (κ2) is 41.8. The third kappa shape index (κ3) is 43.7. The van der Waals surface area contributed by atoms with Gasteiger partial charge in [0, 0.05) is 26.4 Å². The Labute approximate surface area is 357 Å². The van der Waals surface area contributed by atoms with Crippen LogP contribution in [0.25, 0.3) is 0 Å². The Morgan fingerprint density at radius 1 is 0.517 bits per heavy atom. The van der Waals surface area contributed by atoms with Gasteiger partial charge in [-0.2, -0.15) is 5.06 Å². The van der Waals surface area contributed by atoms with Gasteiger partial charge in [0.15, 0.2) is 6.10 Å². The summed E-state index contributed by atoms with van der Waals surface area (Å²) in [4.78, 5) is 43.2. The van der Waals surface area contributed by atoms with Crippen LogP contribution in [-0.2, 0) is 33.4 Å². The van der Waals surface area contributed by atoms with Crippen LogP contribution in [0.4, 0.5) is 4.79 Å². The molecule has 0 spiro atoms. The van der Waals surface area contributed by atoms with Crippen LogP contribution in [0, 0.1) is 0 Å². The van der Waals surface area contributed by atoms with Crippen molar-refractivity contribution in [1.29, 1.82) is 0 Å². The van der Waals surface area contributed by atoms with Crippen molar-refractivity contribution in [1.82, 2.24) is 10.4 Å². The molecule has 1 unspecified atom stereocenters. The SMILES string of the molecule is CCCCCCCCCCCCCCCCCC(=O)OCC(COC(=O)NCCON(C)COC(C)(C)C)OC(=O)CCCCCCCCCCCCCCCCC. The molecule has 0 heterocycles. The fourth-order valence-corrected chi connectivity index (χ4v) is 6.80. The molecule has 0 rings (SSSR count). The van der Waals surface area contributed by atoms with E-state index in [0.29, 0.717) is 13.2 Å². The molecule has 0 aliphatic carbocycles. The molecule has 0 aliphatic rings. The summed E-state index contributed by atoms with van der Waals surface area (Å²) in [6, 6.07) is 0. The lowest BCUT2D eigenvalue weighted by molar-refractivity contribution is -0.211. The van der Waals surface area contributed by atoms with Crippen molar-refractivity contribution in [3.05, 3.63) is 0 Å². The number of unbranched alkanes of at least 4 members (excludes halogenated alkanes) is 28. The maximum Gasteiger partial charge on any atom is 0.407 e. The predicted molar refractivity (Wildman–Crippen MR) is 239 cm³/mol. The van der Waals surface area contributed by atoms with E-state index in [9.17, 15) is 14.4 Å². The smallest absolute Gasteiger partial charge is 0.407 e. The molecule has 0 aromatic carbocycles. The summed E-state index contributed by atoms with van der Waals surface area (Å²) in [5.74, 6) is -0.685. The highest BCUT2D eigenvalue weighted by Crippen LogP contribution is 2.16. The maximum absolute atomic E-state index is 12.7. The Kier molecular flexibility index (Phi) is 40.4. The molecule has 0 radical (unpaired) electrons. The van der Waals surface area contributed by atoms with Crippen LogP contribution in [-0.4, -0.2) is 74.9 Å². The van der Waals surface area contributed by atoms with Crippen LogP contribution in [0.2, 0.25) is 0 Å². The van der Waals surface area contributed by atoms with Gasteiger partial charge in [0.1, 0.15) is 19.9 Å². The highest BCUT2D eigenvalue weighted by molar-refractivity contribution is 5.70. The van der Waals surface area contributed by atoms with Gasteiger partial charge in [-0.15, -0.1) is 0 Å². The molecule has 0 aliphatic heterocycles. The molecule has 344 valence electrons. The van der Waals surface area contributed by atoms with Crippen LogP contribution in [0.3, 0.4) is 0 Å². The fourth-order valence-electron chi connectivity index (χ4n) is 6.80. The normalized spacial score (nSPS) is 12.2. The molecule has 0 saturated carbocycles. The predicted octanol–water partition coefficient (Wildman–Crippen LogP) is 13.3. The third-order valence-electron chi connectivity index (χ3n) is 10.5. The van der Waals surface area contributed by atoms with Crippen molar-refractivity contribution in [3.8, 4) is 0 Å². The maximum atomic E-state index is 12.7. The zero-order valence-corrected chi connectivity index (χ0v) is 39.0. The van der Waals surface area contributed by atoms with Gasteiger partial charge in [0.2, 0.25) is 0 Å². The van der Waals surface area contributed by atoms with Crippen molar-refractivity contribution >= 4 is 18.0 Å². The topological polar surface area (TPSA) is 113 Å². The quantitative estimate of drug-likeness (QED) is 0.0211. The number of carbonyl (C=O) groups is 3. The second-order valence-electron chi connectivity index (χ2n) is 17.6. The minimum absolute atomic E-state index is 0.142. The molecule has 0 bridgehead atoms. The molecule has 10 nitrogen and oxygen atoms in total. The van der Waals surface area contributed by atoms with Gasteiger partial charge >= 0.3 is 18.0 Å². The average molecular weight is 827 g/mol. The first-order chi connectivity index (χ1) is 28.1. The second-order valence-corrected chi connectivity index (χ2v) is 17.6. The molecule has 1 N–H and O–H groups in total. The number of hydrogen-bond acceptors (Lipinski definition) is 9. The lowest BCUT2D eigenvalue weighted by Crippen LogP contribution is -2.36. The van der Waals surface area contributed by atoms with E-state index in [1.54, 1.807) is 12.1 Å². The van der Waals surface area contributed by atoms with Crippen molar-refractivity contribution in [2.75, 3.05) is 40.1 Å². The first-order valence-corrected chi connectivity index (χ1v) is 24.3. The first kappa shape index (κ1) is 56.1. The summed E-state index contributed by atoms with van der Waals surface area (Å²) >= 11 is 0. The van der Waals surface area contributed by atoms with Crippen LogP contribution in [0.15, 0.2) is 0 Å². The molecule has 10 heteroatoms. The molecule has 0 aromatic heterocycles. The number of amides is 1. The molecule has 0 saturated heterocycles. The van der Waals surface area contributed by atoms with Crippen LogP contribution >= 0.6 is 0 Å². The zero-order chi connectivity index (χ0) is 42.8. The number of esters is 2. The number of nitrogens with one attached hydrogen (secondary N) is 1. The lowest BCUT2D eigenvalue weighted by Gasteiger charge is -2.24. The van der Waals surface area contributed by atoms with Gasteiger partial charge in [0.05, 0.1) is 12.2 Å². The van der Waals surface area contributed by atoms with E-state index < -0.39 is 12.2 Å². The van der Waals surface area contributed by atoms with Gasteiger partial charge in [-0.05, 0) is 33.6 Å². The number of rotatable bonds is 43. The van der Waals surface area contributed by atoms with Crippen LogP contribution in [0.1, 0.15) is 240 Å². The molecule has 58 heavy (non-hydrogen) atoms. The van der Waals surface area contributed by atoms with E-state index in [-0.39, 0.29) is 50.3 Å². The summed E-state index contributed by atoms with van der Waals surface area (Å²) in [6.07, 6.45) is 36.9. The number of ether oxygens (including phenoxy) is 4. The van der Waals surface area contributed by atoms with E-state index in [4.69, 9.17) is 23.8 Å². The Bertz CT molecular complexity index is 928. The van der Waals surface area contributed by atoms with Gasteiger partial charge < -0.3 is 24.3 Å². The van der Waals surface area contributed by atoms with E-state index in [1.807, 2.05) is 20.8 Å². The Hall–Kier alpha value is -1.91. The monoisotopic (exact) mass is 827 g/mol. The average Bonchev–Trinajstić information content (AvgIpc) is 3.19. The van der Waals surface area contributed by atoms with Gasteiger partial charge in [0.25, 0.3) is 0 Å². The van der Waals surface area contributed by atoms with Crippen LogP contribution < -0.4 is 5.32 Å². The van der Waals surface area contributed by atoms with E-state index >= 15 is 0 Å². The molecule has 1 amide bonds. The molecule has 0 aromatic rings. The first-order valence-electron chi connectivity index (χ1n) is 24.3. The van der Waals surface area contributed by atoms with Gasteiger partial charge in [-0.25, -0.2) is 4.79 Å². The standard InChI is InChI=1S/C48H94N2O8/c1-7-9-11-13-15-17-19-21-23-25-27-29-31-33-35-37-45(51)54-41-44(42-55-47(53)49-39-40-57-50(6)43-56-48(3,4)5)58-46(52)38-36-34-32-30-28-26-24-22-20-18-16-14-12-10-8-2/h44H,7-43H2,1-6H3,(H,49,53). The largest absolute Gasteiger partial charge is 0.462 e. The third-order valence-corrected chi connectivity index (χ3v) is 10.5. The Morgan fingerprint density at radius 2 is 0.879 bits per heavy atom. The van der Waals surface area contributed by atoms with Gasteiger partial charge in [-0.3, -0.25) is 14.4 Å². The van der Waals surface area contributed by atoms with E-state index in [1.165, 1.54) is 154 Å². The van der Waals surface area contributed by atoms with E-state index in [2.05, 4.69) is 19.2 Å². The van der Waals surface area contributed by atoms with Crippen LogP contribution in [0.5, 0.6) is 0 Å². The Balaban J connectivity index is 4.36. The Morgan fingerprint density at radius 3 is 1.28 bits per heavy atom. The minimum atomic E-state index is -0.864. The number of hydrogen-bond donors (Lipinski definition) is 1. The summed E-state index contributed by atoms with van der Waals surface area (Å²) in [5.41, 5.74) is -0.286. The lowest BCUT2D eigenvalue weighted by atomic mass is 10.0. The van der Waals surface area contributed by atoms with Crippen molar-refractivity contribution in [2.24, 2.45) is 0 Å². The summed E-state index contributed by atoms with van der Waals surface area (Å²) < 4.78 is 22.1. The number of carbonyl (C=O) groups excluding carboxylic acids is 3. The molecular weight excluding hydrogens is 733 g/mol. The molecular formula is C48H94N2O8. The molecule has 0 fully saturated rings. The van der Waals surface area contributed by atoms with Crippen molar-refractivity contribution in [3.63, 3.8) is 0 Å². The van der Waals surface area contributed by atoms with E-state index in [0.717, 1.165) is 38.5 Å². The number of alkyl carbamates (subject to hydrolysis) is 1. The summed E-state index contributed by atoms with van der Waals surface area (Å²) in [6.45, 7) is 10.8. The fraction of sp³-hybridized carbons (Fsp3) is 0.938. The molecule has 1 atom stereocenters. The summed E-state index contributed by atoms with van der Waals surface area (Å²) in [7, 11) is 1.75. The van der Waals surface area contributed by atoms with Gasteiger partial charge in [-0.1, -0.05) is 194 Å². The number of hydroxylamine groups is 2. The summed E-state index contributed by atoms with van der Waals surface area (Å²) in [5, 5.41) is 4.19. The van der Waals surface area contributed by atoms with Crippen molar-refractivity contribution < 1.29 is 38.2 Å². The highest BCUT2D eigenvalue weighted by atomic mass is 16.7. The minimum Gasteiger partial charge on any atom is -0.462 e.